The van der Waals surface area contributed by atoms with E-state index < -0.39 is 32.8 Å². The van der Waals surface area contributed by atoms with E-state index in [0.717, 1.165) is 12.1 Å². The smallest absolute Gasteiger partial charge is 0.269 e. The predicted molar refractivity (Wildman–Crippen MR) is 152 cm³/mol. The Morgan fingerprint density at radius 1 is 0.927 bits per heavy atom. The number of anilines is 1. The molecule has 41 heavy (non-hydrogen) atoms. The molecule has 1 heterocycles. The fourth-order valence-electron chi connectivity index (χ4n) is 4.57. The Balaban J connectivity index is 1.51. The minimum absolute atomic E-state index is 0.133. The minimum Gasteiger partial charge on any atom is -0.485 e. The molecule has 1 aliphatic heterocycles. The first-order chi connectivity index (χ1) is 19.5. The van der Waals surface area contributed by atoms with Gasteiger partial charge >= 0.3 is 0 Å². The number of para-hydroxylation sites is 1. The molecule has 0 aliphatic carbocycles. The van der Waals surface area contributed by atoms with E-state index in [1.54, 1.807) is 68.4 Å². The second-order valence-electron chi connectivity index (χ2n) is 10.1. The van der Waals surface area contributed by atoms with Gasteiger partial charge in [-0.3, -0.25) is 14.4 Å². The number of sulfonamides is 1. The lowest BCUT2D eigenvalue weighted by Crippen LogP contribution is -2.48. The molecule has 10 nitrogen and oxygen atoms in total. The lowest BCUT2D eigenvalue weighted by Gasteiger charge is -2.40. The third kappa shape index (κ3) is 5.73. The van der Waals surface area contributed by atoms with Crippen molar-refractivity contribution in [3.05, 3.63) is 118 Å². The van der Waals surface area contributed by atoms with Crippen molar-refractivity contribution in [2.45, 2.75) is 43.1 Å². The second kappa shape index (κ2) is 10.8. The van der Waals surface area contributed by atoms with E-state index in [-0.39, 0.29) is 17.1 Å². The van der Waals surface area contributed by atoms with E-state index in [1.165, 1.54) is 16.4 Å². The summed E-state index contributed by atoms with van der Waals surface area (Å²) < 4.78 is 40.7. The number of benzene rings is 4. The molecule has 5 rings (SSSR count). The largest absolute Gasteiger partial charge is 0.485 e. The van der Waals surface area contributed by atoms with Gasteiger partial charge in [-0.1, -0.05) is 24.3 Å². The van der Waals surface area contributed by atoms with Crippen LogP contribution in [-0.4, -0.2) is 35.3 Å². The summed E-state index contributed by atoms with van der Waals surface area (Å²) in [5, 5.41) is 32.4. The Kier molecular flexibility index (Phi) is 7.43. The lowest BCUT2D eigenvalue weighted by atomic mass is 9.88. The summed E-state index contributed by atoms with van der Waals surface area (Å²) in [5.41, 5.74) is -0.0625. The zero-order valence-electron chi connectivity index (χ0n) is 22.2. The molecule has 0 radical (unpaired) electrons. The van der Waals surface area contributed by atoms with Gasteiger partial charge in [-0.05, 0) is 80.1 Å². The Morgan fingerprint density at radius 2 is 1.56 bits per heavy atom. The number of aliphatic hydroxyl groups is 2. The summed E-state index contributed by atoms with van der Waals surface area (Å²) in [7, 11) is -4.20. The van der Waals surface area contributed by atoms with Gasteiger partial charge in [-0.2, -0.15) is 0 Å². The number of hydrogen-bond acceptors (Lipinski definition) is 8. The molecule has 2 N–H and O–H groups in total. The molecule has 4 aromatic carbocycles. The molecular formula is C30H28N2O8S. The van der Waals surface area contributed by atoms with Crippen molar-refractivity contribution < 1.29 is 33.0 Å². The van der Waals surface area contributed by atoms with Crippen LogP contribution in [0.3, 0.4) is 0 Å². The molecule has 0 aromatic heterocycles. The third-order valence-electron chi connectivity index (χ3n) is 6.84. The zero-order valence-corrected chi connectivity index (χ0v) is 23.1. The third-order valence-corrected chi connectivity index (χ3v) is 8.63. The van der Waals surface area contributed by atoms with Crippen LogP contribution in [0, 0.1) is 10.1 Å². The number of nitro groups is 1. The SMILES string of the molecule is CC1(C)Oc2ccc(CN(c3ccc(Oc4ccccc4)cc3)S(=O)(=O)c3ccc([N+](=O)[O-])cc3)cc2[C@H](O)[C@H]1O. The first-order valence-corrected chi connectivity index (χ1v) is 14.2. The Bertz CT molecular complexity index is 1660. The topological polar surface area (TPSA) is 139 Å². The van der Waals surface area contributed by atoms with Crippen LogP contribution in [0.2, 0.25) is 0 Å². The van der Waals surface area contributed by atoms with E-state index in [1.807, 2.05) is 18.2 Å². The first-order valence-electron chi connectivity index (χ1n) is 12.7. The number of ether oxygens (including phenoxy) is 2. The monoisotopic (exact) mass is 576 g/mol. The van der Waals surface area contributed by atoms with Crippen molar-refractivity contribution in [3.63, 3.8) is 0 Å². The van der Waals surface area contributed by atoms with Crippen LogP contribution in [0.5, 0.6) is 17.2 Å². The predicted octanol–water partition coefficient (Wildman–Crippen LogP) is 5.35. The van der Waals surface area contributed by atoms with Crippen molar-refractivity contribution in [2.75, 3.05) is 4.31 Å². The quantitative estimate of drug-likeness (QED) is 0.211. The first kappa shape index (κ1) is 28.1. The average molecular weight is 577 g/mol. The number of hydrogen-bond donors (Lipinski definition) is 2. The van der Waals surface area contributed by atoms with Crippen LogP contribution in [0.15, 0.2) is 102 Å². The van der Waals surface area contributed by atoms with Gasteiger partial charge in [-0.15, -0.1) is 0 Å². The molecule has 0 unspecified atom stereocenters. The molecule has 212 valence electrons. The van der Waals surface area contributed by atoms with Gasteiger partial charge in [-0.25, -0.2) is 8.42 Å². The van der Waals surface area contributed by atoms with Gasteiger partial charge in [0.15, 0.2) is 0 Å². The maximum absolute atomic E-state index is 13.9. The average Bonchev–Trinajstić information content (AvgIpc) is 2.96. The highest BCUT2D eigenvalue weighted by Crippen LogP contribution is 2.40. The van der Waals surface area contributed by atoms with Crippen LogP contribution in [-0.2, 0) is 16.6 Å². The minimum atomic E-state index is -4.20. The zero-order chi connectivity index (χ0) is 29.4. The molecular weight excluding hydrogens is 548 g/mol. The number of nitrogens with zero attached hydrogens (tertiary/aromatic N) is 2. The van der Waals surface area contributed by atoms with E-state index in [9.17, 15) is 28.7 Å². The highest BCUT2D eigenvalue weighted by atomic mass is 32.2. The van der Waals surface area contributed by atoms with Crippen LogP contribution < -0.4 is 13.8 Å². The Labute approximate surface area is 237 Å². The summed E-state index contributed by atoms with van der Waals surface area (Å²) in [6, 6.07) is 25.2. The highest BCUT2D eigenvalue weighted by Gasteiger charge is 2.42. The van der Waals surface area contributed by atoms with Gasteiger partial charge < -0.3 is 19.7 Å². The lowest BCUT2D eigenvalue weighted by molar-refractivity contribution is -0.384. The van der Waals surface area contributed by atoms with Gasteiger partial charge in [0.25, 0.3) is 15.7 Å². The van der Waals surface area contributed by atoms with Gasteiger partial charge in [0.05, 0.1) is 22.1 Å². The molecule has 4 aromatic rings. The Morgan fingerprint density at radius 3 is 2.20 bits per heavy atom. The number of aliphatic hydroxyl groups excluding tert-OH is 2. The number of fused-ring (bicyclic) bond motifs is 1. The fraction of sp³-hybridized carbons (Fsp3) is 0.200. The molecule has 0 bridgehead atoms. The van der Waals surface area contributed by atoms with E-state index in [0.29, 0.717) is 34.1 Å². The van der Waals surface area contributed by atoms with E-state index in [4.69, 9.17) is 9.47 Å². The molecule has 0 saturated carbocycles. The maximum Gasteiger partial charge on any atom is 0.269 e. The van der Waals surface area contributed by atoms with Gasteiger partial charge in [0.2, 0.25) is 0 Å². The van der Waals surface area contributed by atoms with Crippen LogP contribution >= 0.6 is 0 Å². The van der Waals surface area contributed by atoms with Crippen molar-refractivity contribution >= 4 is 21.4 Å². The number of rotatable bonds is 8. The molecule has 11 heteroatoms. The summed E-state index contributed by atoms with van der Waals surface area (Å²) >= 11 is 0. The molecule has 0 fully saturated rings. The molecule has 2 atom stereocenters. The fourth-order valence-corrected chi connectivity index (χ4v) is 6.02. The van der Waals surface area contributed by atoms with Crippen LogP contribution in [0.1, 0.15) is 31.1 Å². The van der Waals surface area contributed by atoms with E-state index in [2.05, 4.69) is 0 Å². The molecule has 0 saturated heterocycles. The summed E-state index contributed by atoms with van der Waals surface area (Å²) in [6.07, 6.45) is -2.43. The van der Waals surface area contributed by atoms with Crippen molar-refractivity contribution in [2.24, 2.45) is 0 Å². The summed E-state index contributed by atoms with van der Waals surface area (Å²) in [6.45, 7) is 3.19. The molecule has 0 spiro atoms. The second-order valence-corrected chi connectivity index (χ2v) is 12.0. The molecule has 0 amide bonds. The highest BCUT2D eigenvalue weighted by molar-refractivity contribution is 7.92. The van der Waals surface area contributed by atoms with Crippen molar-refractivity contribution in [1.82, 2.24) is 0 Å². The van der Waals surface area contributed by atoms with Crippen LogP contribution in [0.4, 0.5) is 11.4 Å². The standard InChI is InChI=1S/C30H28N2O8S/c1-30(2)29(34)28(33)26-18-20(8-17-27(26)40-30)19-31(41(37,38)25-15-11-22(12-16-25)32(35)36)21-9-13-24(14-10-21)39-23-6-4-3-5-7-23/h3-18,28-29,33-34H,19H2,1-2H3/t28-,29+/m0/s1. The van der Waals surface area contributed by atoms with E-state index >= 15 is 0 Å². The Hall–Kier alpha value is -4.45. The van der Waals surface area contributed by atoms with Crippen molar-refractivity contribution in [3.8, 4) is 17.2 Å². The van der Waals surface area contributed by atoms with Gasteiger partial charge in [0, 0.05) is 17.7 Å². The number of non-ortho nitro benzene ring substituents is 1. The van der Waals surface area contributed by atoms with Crippen molar-refractivity contribution in [1.29, 1.82) is 0 Å². The maximum atomic E-state index is 13.9. The number of nitro benzene ring substituents is 1. The summed E-state index contributed by atoms with van der Waals surface area (Å²) in [4.78, 5) is 10.4. The normalized spacial score (nSPS) is 17.7. The molecule has 1 aliphatic rings. The van der Waals surface area contributed by atoms with Crippen LogP contribution in [0.25, 0.3) is 0 Å². The van der Waals surface area contributed by atoms with Gasteiger partial charge in [0.1, 0.15) is 35.1 Å². The summed E-state index contributed by atoms with van der Waals surface area (Å²) in [5.74, 6) is 1.51.